The van der Waals surface area contributed by atoms with Gasteiger partial charge in [0, 0.05) is 26.1 Å². The molecular weight excluding hydrogens is 197 g/mol. The highest BCUT2D eigenvalue weighted by atomic mass is 19.1. The molecule has 1 saturated heterocycles. The van der Waals surface area contributed by atoms with E-state index in [-0.39, 0.29) is 5.91 Å². The average molecular weight is 217 g/mol. The lowest BCUT2D eigenvalue weighted by Gasteiger charge is -2.23. The summed E-state index contributed by atoms with van der Waals surface area (Å²) in [5.41, 5.74) is 0. The van der Waals surface area contributed by atoms with Crippen LogP contribution >= 0.6 is 0 Å². The Bertz CT molecular complexity index is 209. The number of carbonyl (C=O) groups excluding carboxylic acids is 1. The fraction of sp³-hybridized carbons (Fsp3) is 0.909. The number of halogens is 1. The predicted octanol–water partition coefficient (Wildman–Crippen LogP) is 1.62. The van der Waals surface area contributed by atoms with E-state index in [0.29, 0.717) is 32.0 Å². The fourth-order valence-corrected chi connectivity index (χ4v) is 1.69. The Morgan fingerprint density at radius 1 is 1.60 bits per heavy atom. The molecule has 3 nitrogen and oxygen atoms in total. The van der Waals surface area contributed by atoms with Crippen LogP contribution in [0.25, 0.3) is 0 Å². The molecule has 88 valence electrons. The Morgan fingerprint density at radius 2 is 2.33 bits per heavy atom. The highest BCUT2D eigenvalue weighted by Crippen LogP contribution is 2.10. The number of ether oxygens (including phenoxy) is 1. The van der Waals surface area contributed by atoms with E-state index in [2.05, 4.69) is 0 Å². The third-order valence-electron chi connectivity index (χ3n) is 2.46. The minimum Gasteiger partial charge on any atom is -0.374 e. The van der Waals surface area contributed by atoms with Crippen LogP contribution in [0.3, 0.4) is 0 Å². The molecule has 1 rings (SSSR count). The first-order valence-electron chi connectivity index (χ1n) is 5.58. The molecule has 0 bridgehead atoms. The van der Waals surface area contributed by atoms with Gasteiger partial charge in [-0.15, -0.1) is 0 Å². The van der Waals surface area contributed by atoms with Gasteiger partial charge in [0.2, 0.25) is 5.91 Å². The summed E-state index contributed by atoms with van der Waals surface area (Å²) >= 11 is 0. The molecule has 0 aromatic heterocycles. The van der Waals surface area contributed by atoms with Crippen molar-refractivity contribution in [2.45, 2.75) is 32.8 Å². The summed E-state index contributed by atoms with van der Waals surface area (Å²) < 4.78 is 17.8. The number of alkyl halides is 1. The Balaban J connectivity index is 2.47. The minimum absolute atomic E-state index is 0.119. The number of carbonyl (C=O) groups is 1. The molecule has 1 amide bonds. The second-order valence-electron chi connectivity index (χ2n) is 4.44. The number of nitrogens with zero attached hydrogens (tertiary/aromatic N) is 1. The molecule has 0 aromatic rings. The second kappa shape index (κ2) is 6.05. The molecule has 0 spiro atoms. The fourth-order valence-electron chi connectivity index (χ4n) is 1.69. The number of hydrogen-bond acceptors (Lipinski definition) is 2. The lowest BCUT2D eigenvalue weighted by molar-refractivity contribution is -0.132. The van der Waals surface area contributed by atoms with Crippen molar-refractivity contribution < 1.29 is 13.9 Å². The van der Waals surface area contributed by atoms with Crippen LogP contribution < -0.4 is 0 Å². The van der Waals surface area contributed by atoms with E-state index in [0.717, 1.165) is 6.42 Å². The summed E-state index contributed by atoms with van der Waals surface area (Å²) in [5, 5.41) is 0. The van der Waals surface area contributed by atoms with Gasteiger partial charge in [-0.1, -0.05) is 13.8 Å². The van der Waals surface area contributed by atoms with Crippen LogP contribution in [-0.4, -0.2) is 43.3 Å². The maximum atomic E-state index is 12.5. The summed E-state index contributed by atoms with van der Waals surface area (Å²) in [6.45, 7) is 5.17. The van der Waals surface area contributed by atoms with E-state index in [4.69, 9.17) is 4.74 Å². The molecule has 15 heavy (non-hydrogen) atoms. The third kappa shape index (κ3) is 4.16. The average Bonchev–Trinajstić information content (AvgIpc) is 2.41. The van der Waals surface area contributed by atoms with E-state index in [1.165, 1.54) is 0 Å². The SMILES string of the molecule is CC(C)CC(=O)N1CCCO[C@H](CF)C1. The lowest BCUT2D eigenvalue weighted by atomic mass is 10.1. The van der Waals surface area contributed by atoms with Crippen LogP contribution in [0.2, 0.25) is 0 Å². The standard InChI is InChI=1S/C11H20FNO2/c1-9(2)6-11(14)13-4-3-5-15-10(7-12)8-13/h9-10H,3-8H2,1-2H3/t10-/m1/s1. The van der Waals surface area contributed by atoms with Crippen molar-refractivity contribution in [2.75, 3.05) is 26.4 Å². The van der Waals surface area contributed by atoms with Gasteiger partial charge in [0.05, 0.1) is 0 Å². The highest BCUT2D eigenvalue weighted by Gasteiger charge is 2.22. The predicted molar refractivity (Wildman–Crippen MR) is 56.4 cm³/mol. The van der Waals surface area contributed by atoms with Crippen LogP contribution in [0.15, 0.2) is 0 Å². The van der Waals surface area contributed by atoms with Crippen LogP contribution in [0.1, 0.15) is 26.7 Å². The Kier molecular flexibility index (Phi) is 5.02. The Morgan fingerprint density at radius 3 is 2.93 bits per heavy atom. The van der Waals surface area contributed by atoms with Crippen molar-refractivity contribution in [3.05, 3.63) is 0 Å². The molecule has 0 aromatic carbocycles. The van der Waals surface area contributed by atoms with E-state index >= 15 is 0 Å². The molecular formula is C11H20FNO2. The highest BCUT2D eigenvalue weighted by molar-refractivity contribution is 5.76. The molecule has 0 radical (unpaired) electrons. The van der Waals surface area contributed by atoms with Gasteiger partial charge in [0.1, 0.15) is 12.8 Å². The van der Waals surface area contributed by atoms with Crippen molar-refractivity contribution in [1.82, 2.24) is 4.90 Å². The lowest BCUT2D eigenvalue weighted by Crippen LogP contribution is -2.38. The first-order chi connectivity index (χ1) is 7.13. The number of hydrogen-bond donors (Lipinski definition) is 0. The van der Waals surface area contributed by atoms with Crippen molar-refractivity contribution >= 4 is 5.91 Å². The molecule has 1 atom stereocenters. The van der Waals surface area contributed by atoms with E-state index in [9.17, 15) is 9.18 Å². The molecule has 0 saturated carbocycles. The maximum Gasteiger partial charge on any atom is 0.222 e. The van der Waals surface area contributed by atoms with Crippen LogP contribution in [0, 0.1) is 5.92 Å². The molecule has 0 N–H and O–H groups in total. The van der Waals surface area contributed by atoms with Gasteiger partial charge in [0.25, 0.3) is 0 Å². The maximum absolute atomic E-state index is 12.5. The quantitative estimate of drug-likeness (QED) is 0.719. The topological polar surface area (TPSA) is 29.5 Å². The molecule has 1 fully saturated rings. The smallest absolute Gasteiger partial charge is 0.222 e. The van der Waals surface area contributed by atoms with Crippen molar-refractivity contribution in [1.29, 1.82) is 0 Å². The number of rotatable bonds is 3. The van der Waals surface area contributed by atoms with Crippen molar-refractivity contribution in [2.24, 2.45) is 5.92 Å². The zero-order chi connectivity index (χ0) is 11.3. The normalized spacial score (nSPS) is 22.9. The number of amides is 1. The van der Waals surface area contributed by atoms with Crippen LogP contribution in [0.4, 0.5) is 4.39 Å². The first kappa shape index (κ1) is 12.4. The zero-order valence-corrected chi connectivity index (χ0v) is 9.54. The van der Waals surface area contributed by atoms with Crippen molar-refractivity contribution in [3.8, 4) is 0 Å². The molecule has 1 aliphatic rings. The van der Waals surface area contributed by atoms with E-state index in [1.807, 2.05) is 13.8 Å². The van der Waals surface area contributed by atoms with Gasteiger partial charge in [-0.25, -0.2) is 4.39 Å². The molecule has 4 heteroatoms. The van der Waals surface area contributed by atoms with Gasteiger partial charge in [-0.3, -0.25) is 4.79 Å². The third-order valence-corrected chi connectivity index (χ3v) is 2.46. The van der Waals surface area contributed by atoms with Gasteiger partial charge in [-0.05, 0) is 12.3 Å². The zero-order valence-electron chi connectivity index (χ0n) is 9.54. The summed E-state index contributed by atoms with van der Waals surface area (Å²) in [5.74, 6) is 0.472. The van der Waals surface area contributed by atoms with Gasteiger partial charge >= 0.3 is 0 Å². The molecule has 1 aliphatic heterocycles. The Hall–Kier alpha value is -0.640. The van der Waals surface area contributed by atoms with Crippen LogP contribution in [0.5, 0.6) is 0 Å². The molecule has 1 heterocycles. The van der Waals surface area contributed by atoms with Gasteiger partial charge in [0.15, 0.2) is 0 Å². The molecule has 0 unspecified atom stereocenters. The summed E-state index contributed by atoms with van der Waals surface area (Å²) in [7, 11) is 0. The van der Waals surface area contributed by atoms with Gasteiger partial charge in [-0.2, -0.15) is 0 Å². The second-order valence-corrected chi connectivity index (χ2v) is 4.44. The van der Waals surface area contributed by atoms with Crippen molar-refractivity contribution in [3.63, 3.8) is 0 Å². The molecule has 0 aliphatic carbocycles. The minimum atomic E-state index is -0.508. The van der Waals surface area contributed by atoms with Crippen LogP contribution in [-0.2, 0) is 9.53 Å². The van der Waals surface area contributed by atoms with Gasteiger partial charge < -0.3 is 9.64 Å². The Labute approximate surface area is 90.6 Å². The summed E-state index contributed by atoms with van der Waals surface area (Å²) in [4.78, 5) is 13.5. The van der Waals surface area contributed by atoms with E-state index in [1.54, 1.807) is 4.90 Å². The summed E-state index contributed by atoms with van der Waals surface area (Å²) in [6, 6.07) is 0. The monoisotopic (exact) mass is 217 g/mol. The largest absolute Gasteiger partial charge is 0.374 e. The first-order valence-corrected chi connectivity index (χ1v) is 5.58. The summed E-state index contributed by atoms with van der Waals surface area (Å²) in [6.07, 6.45) is 0.919. The van der Waals surface area contributed by atoms with E-state index < -0.39 is 12.8 Å².